The number of thiophene rings is 1. The summed E-state index contributed by atoms with van der Waals surface area (Å²) in [5.41, 5.74) is 2.20. The van der Waals surface area contributed by atoms with Crippen LogP contribution in [-0.4, -0.2) is 5.91 Å². The molecular weight excluding hydrogens is 232 g/mol. The van der Waals surface area contributed by atoms with Gasteiger partial charge in [0.1, 0.15) is 0 Å². The molecule has 2 aromatic rings. The lowest BCUT2D eigenvalue weighted by Crippen LogP contribution is -2.22. The van der Waals surface area contributed by atoms with E-state index in [1.807, 2.05) is 17.5 Å². The molecule has 0 aliphatic rings. The van der Waals surface area contributed by atoms with Crippen LogP contribution in [0.15, 0.2) is 41.1 Å². The van der Waals surface area contributed by atoms with Crippen molar-refractivity contribution in [3.05, 3.63) is 57.8 Å². The number of nitriles is 1. The van der Waals surface area contributed by atoms with Crippen molar-refractivity contribution < 1.29 is 4.79 Å². The van der Waals surface area contributed by atoms with Crippen molar-refractivity contribution in [1.82, 2.24) is 5.32 Å². The van der Waals surface area contributed by atoms with Gasteiger partial charge in [-0.25, -0.2) is 0 Å². The average Bonchev–Trinajstić information content (AvgIpc) is 2.90. The Morgan fingerprint density at radius 2 is 2.29 bits per heavy atom. The Hall–Kier alpha value is -2.12. The van der Waals surface area contributed by atoms with E-state index in [-0.39, 0.29) is 5.91 Å². The topological polar surface area (TPSA) is 52.9 Å². The van der Waals surface area contributed by atoms with E-state index in [0.29, 0.717) is 17.7 Å². The molecular formula is C13H10N2OS. The molecule has 0 fully saturated rings. The third-order valence-electron chi connectivity index (χ3n) is 2.29. The van der Waals surface area contributed by atoms with Crippen LogP contribution in [0.1, 0.15) is 21.5 Å². The second-order valence-electron chi connectivity index (χ2n) is 3.51. The van der Waals surface area contributed by atoms with Gasteiger partial charge in [-0.3, -0.25) is 4.79 Å². The summed E-state index contributed by atoms with van der Waals surface area (Å²) in [5, 5.41) is 15.2. The van der Waals surface area contributed by atoms with E-state index < -0.39 is 0 Å². The number of carbonyl (C=O) groups excluding carboxylic acids is 1. The highest BCUT2D eigenvalue weighted by Crippen LogP contribution is 2.07. The van der Waals surface area contributed by atoms with Crippen LogP contribution in [0, 0.1) is 11.3 Å². The van der Waals surface area contributed by atoms with Gasteiger partial charge in [-0.15, -0.1) is 0 Å². The molecule has 84 valence electrons. The van der Waals surface area contributed by atoms with Gasteiger partial charge in [0.2, 0.25) is 0 Å². The van der Waals surface area contributed by atoms with E-state index in [4.69, 9.17) is 5.26 Å². The zero-order chi connectivity index (χ0) is 12.1. The van der Waals surface area contributed by atoms with Crippen molar-refractivity contribution in [1.29, 1.82) is 5.26 Å². The first-order valence-electron chi connectivity index (χ1n) is 5.09. The number of amides is 1. The van der Waals surface area contributed by atoms with Crippen LogP contribution in [0.5, 0.6) is 0 Å². The highest BCUT2D eigenvalue weighted by atomic mass is 32.1. The molecule has 0 radical (unpaired) electrons. The summed E-state index contributed by atoms with van der Waals surface area (Å²) in [4.78, 5) is 11.7. The largest absolute Gasteiger partial charge is 0.348 e. The van der Waals surface area contributed by atoms with Gasteiger partial charge < -0.3 is 5.32 Å². The van der Waals surface area contributed by atoms with Crippen LogP contribution >= 0.6 is 11.3 Å². The van der Waals surface area contributed by atoms with Crippen molar-refractivity contribution in [3.63, 3.8) is 0 Å². The summed E-state index contributed by atoms with van der Waals surface area (Å²) < 4.78 is 0. The van der Waals surface area contributed by atoms with Crippen molar-refractivity contribution in [2.24, 2.45) is 0 Å². The SMILES string of the molecule is N#Cc1cccc(CNC(=O)c2ccsc2)c1. The van der Waals surface area contributed by atoms with Crippen LogP contribution in [0.3, 0.4) is 0 Å². The predicted molar refractivity (Wildman–Crippen MR) is 66.6 cm³/mol. The summed E-state index contributed by atoms with van der Waals surface area (Å²) in [7, 11) is 0. The van der Waals surface area contributed by atoms with Crippen molar-refractivity contribution in [2.75, 3.05) is 0 Å². The number of benzene rings is 1. The molecule has 1 heterocycles. The molecule has 3 nitrogen and oxygen atoms in total. The molecule has 0 unspecified atom stereocenters. The van der Waals surface area contributed by atoms with Crippen molar-refractivity contribution in [3.8, 4) is 6.07 Å². The summed E-state index contributed by atoms with van der Waals surface area (Å²) in [5.74, 6) is -0.0892. The summed E-state index contributed by atoms with van der Waals surface area (Å²) in [6.45, 7) is 0.435. The Bertz CT molecular complexity index is 555. The van der Waals surface area contributed by atoms with E-state index in [0.717, 1.165) is 5.56 Å². The highest BCUT2D eigenvalue weighted by Gasteiger charge is 2.04. The molecule has 1 aromatic carbocycles. The molecule has 1 amide bonds. The first-order chi connectivity index (χ1) is 8.29. The lowest BCUT2D eigenvalue weighted by Gasteiger charge is -2.04. The molecule has 0 aliphatic heterocycles. The molecule has 0 saturated heterocycles. The van der Waals surface area contributed by atoms with Gasteiger partial charge in [-0.2, -0.15) is 16.6 Å². The average molecular weight is 242 g/mol. The van der Waals surface area contributed by atoms with Gasteiger partial charge in [0.25, 0.3) is 5.91 Å². The molecule has 0 atom stereocenters. The van der Waals surface area contributed by atoms with E-state index in [9.17, 15) is 4.79 Å². The fraction of sp³-hybridized carbons (Fsp3) is 0.0769. The Labute approximate surface area is 103 Å². The Balaban J connectivity index is 1.98. The third kappa shape index (κ3) is 2.92. The molecule has 0 spiro atoms. The molecule has 0 bridgehead atoms. The van der Waals surface area contributed by atoms with Crippen LogP contribution < -0.4 is 5.32 Å². The second-order valence-corrected chi connectivity index (χ2v) is 4.29. The van der Waals surface area contributed by atoms with Crippen LogP contribution in [0.2, 0.25) is 0 Å². The molecule has 4 heteroatoms. The minimum Gasteiger partial charge on any atom is -0.348 e. The fourth-order valence-electron chi connectivity index (χ4n) is 1.43. The molecule has 1 N–H and O–H groups in total. The minimum atomic E-state index is -0.0892. The number of rotatable bonds is 3. The van der Waals surface area contributed by atoms with Crippen LogP contribution in [0.4, 0.5) is 0 Å². The maximum absolute atomic E-state index is 11.7. The highest BCUT2D eigenvalue weighted by molar-refractivity contribution is 7.08. The Morgan fingerprint density at radius 3 is 3.00 bits per heavy atom. The van der Waals surface area contributed by atoms with Crippen LogP contribution in [-0.2, 0) is 6.54 Å². The number of carbonyl (C=O) groups is 1. The molecule has 17 heavy (non-hydrogen) atoms. The van der Waals surface area contributed by atoms with E-state index in [1.54, 1.807) is 23.6 Å². The zero-order valence-electron chi connectivity index (χ0n) is 9.01. The van der Waals surface area contributed by atoms with Crippen molar-refractivity contribution in [2.45, 2.75) is 6.54 Å². The summed E-state index contributed by atoms with van der Waals surface area (Å²) in [6, 6.07) is 11.1. The number of hydrogen-bond donors (Lipinski definition) is 1. The number of nitrogens with zero attached hydrogens (tertiary/aromatic N) is 1. The predicted octanol–water partition coefficient (Wildman–Crippen LogP) is 2.55. The smallest absolute Gasteiger partial charge is 0.252 e. The second kappa shape index (κ2) is 5.28. The molecule has 1 aromatic heterocycles. The normalized spacial score (nSPS) is 9.59. The fourth-order valence-corrected chi connectivity index (χ4v) is 2.06. The molecule has 2 rings (SSSR count). The van der Waals surface area contributed by atoms with E-state index in [2.05, 4.69) is 11.4 Å². The van der Waals surface area contributed by atoms with Crippen LogP contribution in [0.25, 0.3) is 0 Å². The van der Waals surface area contributed by atoms with Gasteiger partial charge in [0.05, 0.1) is 11.6 Å². The molecule has 0 aliphatic carbocycles. The van der Waals surface area contributed by atoms with Gasteiger partial charge in [0.15, 0.2) is 0 Å². The van der Waals surface area contributed by atoms with Crippen molar-refractivity contribution >= 4 is 17.2 Å². The Kier molecular flexibility index (Phi) is 3.53. The first kappa shape index (κ1) is 11.4. The lowest BCUT2D eigenvalue weighted by atomic mass is 10.1. The van der Waals surface area contributed by atoms with Gasteiger partial charge in [-0.05, 0) is 29.1 Å². The minimum absolute atomic E-state index is 0.0892. The van der Waals surface area contributed by atoms with Gasteiger partial charge in [0, 0.05) is 17.5 Å². The third-order valence-corrected chi connectivity index (χ3v) is 2.98. The maximum Gasteiger partial charge on any atom is 0.252 e. The summed E-state index contributed by atoms with van der Waals surface area (Å²) >= 11 is 1.49. The maximum atomic E-state index is 11.7. The quantitative estimate of drug-likeness (QED) is 0.899. The summed E-state index contributed by atoms with van der Waals surface area (Å²) in [6.07, 6.45) is 0. The van der Waals surface area contributed by atoms with E-state index in [1.165, 1.54) is 11.3 Å². The van der Waals surface area contributed by atoms with E-state index >= 15 is 0 Å². The zero-order valence-corrected chi connectivity index (χ0v) is 9.83. The van der Waals surface area contributed by atoms with Gasteiger partial charge >= 0.3 is 0 Å². The monoisotopic (exact) mass is 242 g/mol. The Morgan fingerprint density at radius 1 is 1.41 bits per heavy atom. The standard InChI is InChI=1S/C13H10N2OS/c14-7-10-2-1-3-11(6-10)8-15-13(16)12-4-5-17-9-12/h1-6,9H,8H2,(H,15,16). The lowest BCUT2D eigenvalue weighted by molar-refractivity contribution is 0.0951. The first-order valence-corrected chi connectivity index (χ1v) is 6.03. The molecule has 0 saturated carbocycles. The number of nitrogens with one attached hydrogen (secondary N) is 1. The van der Waals surface area contributed by atoms with Gasteiger partial charge in [-0.1, -0.05) is 12.1 Å². The number of hydrogen-bond acceptors (Lipinski definition) is 3.